The molecule has 0 aromatic rings. The van der Waals surface area contributed by atoms with Gasteiger partial charge in [0.05, 0.1) is 0 Å². The summed E-state index contributed by atoms with van der Waals surface area (Å²) in [6, 6.07) is 0. The average Bonchev–Trinajstić information content (AvgIpc) is 2.10. The lowest BCUT2D eigenvalue weighted by Gasteiger charge is -1.99. The van der Waals surface area contributed by atoms with E-state index >= 15 is 0 Å². The lowest BCUT2D eigenvalue weighted by molar-refractivity contribution is 0.567. The van der Waals surface area contributed by atoms with Crippen LogP contribution in [0.25, 0.3) is 0 Å². The summed E-state index contributed by atoms with van der Waals surface area (Å²) >= 11 is 0. The van der Waals surface area contributed by atoms with E-state index in [0.717, 1.165) is 6.54 Å². The first-order valence-corrected chi connectivity index (χ1v) is 5.62. The van der Waals surface area contributed by atoms with Crippen LogP contribution in [0, 0.1) is 0 Å². The molecule has 0 aromatic carbocycles. The molecule has 0 radical (unpaired) electrons. The second kappa shape index (κ2) is 14.4. The van der Waals surface area contributed by atoms with Crippen LogP contribution < -0.4 is 5.73 Å². The van der Waals surface area contributed by atoms with Gasteiger partial charge < -0.3 is 11.2 Å². The molecular formula is C11H27NO. The highest BCUT2D eigenvalue weighted by molar-refractivity contribution is 4.46. The molecule has 0 bridgehead atoms. The van der Waals surface area contributed by atoms with Gasteiger partial charge in [-0.2, -0.15) is 0 Å². The first-order valence-electron chi connectivity index (χ1n) is 5.62. The van der Waals surface area contributed by atoms with Crippen molar-refractivity contribution in [2.45, 2.75) is 64.7 Å². The zero-order valence-corrected chi connectivity index (χ0v) is 9.15. The quantitative estimate of drug-likeness (QED) is 0.557. The second-order valence-electron chi connectivity index (χ2n) is 3.62. The Bertz CT molecular complexity index is 66.5. The lowest BCUT2D eigenvalue weighted by atomic mass is 10.1. The van der Waals surface area contributed by atoms with Crippen LogP contribution in [-0.4, -0.2) is 12.0 Å². The maximum absolute atomic E-state index is 5.41. The lowest BCUT2D eigenvalue weighted by Crippen LogP contribution is -1.97. The van der Waals surface area contributed by atoms with E-state index in [2.05, 4.69) is 6.92 Å². The third kappa shape index (κ3) is 14.7. The van der Waals surface area contributed by atoms with Crippen LogP contribution >= 0.6 is 0 Å². The number of unbranched alkanes of at least 4 members (excludes halogenated alkanes) is 8. The molecule has 0 atom stereocenters. The second-order valence-corrected chi connectivity index (χ2v) is 3.62. The zero-order valence-electron chi connectivity index (χ0n) is 9.15. The standard InChI is InChI=1S/C11H25N.H2O/c1-2-3-4-5-6-7-8-9-10-11-12;/h2-12H2,1H3;1H2. The maximum atomic E-state index is 5.41. The molecule has 0 rings (SSSR count). The first-order chi connectivity index (χ1) is 5.91. The van der Waals surface area contributed by atoms with Crippen LogP contribution in [-0.2, 0) is 0 Å². The minimum Gasteiger partial charge on any atom is -0.412 e. The highest BCUT2D eigenvalue weighted by Gasteiger charge is 1.90. The van der Waals surface area contributed by atoms with Gasteiger partial charge in [-0.3, -0.25) is 0 Å². The SMILES string of the molecule is CCCCCCCCCCCN.O. The summed E-state index contributed by atoms with van der Waals surface area (Å²) in [5.41, 5.74) is 5.41. The monoisotopic (exact) mass is 189 g/mol. The Morgan fingerprint density at radius 2 is 1.08 bits per heavy atom. The minimum absolute atomic E-state index is 0. The molecule has 0 aliphatic rings. The largest absolute Gasteiger partial charge is 0.412 e. The number of rotatable bonds is 9. The smallest absolute Gasteiger partial charge is 0.00773 e. The molecule has 0 fully saturated rings. The van der Waals surface area contributed by atoms with Gasteiger partial charge in [0.15, 0.2) is 0 Å². The first kappa shape index (κ1) is 15.4. The van der Waals surface area contributed by atoms with Crippen LogP contribution in [0.2, 0.25) is 0 Å². The Hall–Kier alpha value is -0.0800. The van der Waals surface area contributed by atoms with Crippen molar-refractivity contribution >= 4 is 0 Å². The summed E-state index contributed by atoms with van der Waals surface area (Å²) in [6.45, 7) is 3.14. The van der Waals surface area contributed by atoms with Crippen LogP contribution in [0.3, 0.4) is 0 Å². The van der Waals surface area contributed by atoms with E-state index in [1.165, 1.54) is 57.8 Å². The Morgan fingerprint density at radius 3 is 1.46 bits per heavy atom. The average molecular weight is 189 g/mol. The molecule has 0 aliphatic carbocycles. The van der Waals surface area contributed by atoms with E-state index in [4.69, 9.17) is 5.73 Å². The van der Waals surface area contributed by atoms with E-state index < -0.39 is 0 Å². The summed E-state index contributed by atoms with van der Waals surface area (Å²) in [6.07, 6.45) is 12.5. The molecule has 0 aromatic heterocycles. The predicted molar refractivity (Wildman–Crippen MR) is 59.9 cm³/mol. The summed E-state index contributed by atoms with van der Waals surface area (Å²) < 4.78 is 0. The van der Waals surface area contributed by atoms with E-state index in [9.17, 15) is 0 Å². The Balaban J connectivity index is 0. The third-order valence-electron chi connectivity index (χ3n) is 2.31. The van der Waals surface area contributed by atoms with Crippen molar-refractivity contribution < 1.29 is 5.48 Å². The molecule has 0 aliphatic heterocycles. The molecule has 2 heteroatoms. The van der Waals surface area contributed by atoms with Gasteiger partial charge in [-0.05, 0) is 13.0 Å². The summed E-state index contributed by atoms with van der Waals surface area (Å²) in [5.74, 6) is 0. The molecule has 0 amide bonds. The predicted octanol–water partition coefficient (Wildman–Crippen LogP) is 2.65. The molecule has 0 saturated carbocycles. The summed E-state index contributed by atoms with van der Waals surface area (Å²) in [7, 11) is 0. The van der Waals surface area contributed by atoms with Gasteiger partial charge in [-0.15, -0.1) is 0 Å². The van der Waals surface area contributed by atoms with Crippen LogP contribution in [0.4, 0.5) is 0 Å². The van der Waals surface area contributed by atoms with Crippen molar-refractivity contribution in [1.82, 2.24) is 0 Å². The van der Waals surface area contributed by atoms with Crippen molar-refractivity contribution in [3.63, 3.8) is 0 Å². The summed E-state index contributed by atoms with van der Waals surface area (Å²) in [4.78, 5) is 0. The van der Waals surface area contributed by atoms with Crippen LogP contribution in [0.15, 0.2) is 0 Å². The fourth-order valence-electron chi connectivity index (χ4n) is 1.45. The van der Waals surface area contributed by atoms with Crippen molar-refractivity contribution in [3.05, 3.63) is 0 Å². The maximum Gasteiger partial charge on any atom is -0.00773 e. The molecule has 0 heterocycles. The van der Waals surface area contributed by atoms with Gasteiger partial charge in [-0.25, -0.2) is 0 Å². The Labute approximate surface area is 83.2 Å². The van der Waals surface area contributed by atoms with Gasteiger partial charge in [-0.1, -0.05) is 58.3 Å². The van der Waals surface area contributed by atoms with E-state index in [-0.39, 0.29) is 5.48 Å². The van der Waals surface area contributed by atoms with Crippen LogP contribution in [0.5, 0.6) is 0 Å². The highest BCUT2D eigenvalue weighted by atomic mass is 16.0. The van der Waals surface area contributed by atoms with Gasteiger partial charge in [0, 0.05) is 0 Å². The van der Waals surface area contributed by atoms with Gasteiger partial charge in [0.25, 0.3) is 0 Å². The molecule has 4 N–H and O–H groups in total. The number of hydrogen-bond acceptors (Lipinski definition) is 1. The van der Waals surface area contributed by atoms with Crippen LogP contribution in [0.1, 0.15) is 64.7 Å². The van der Waals surface area contributed by atoms with Crippen molar-refractivity contribution in [2.75, 3.05) is 6.54 Å². The Kier molecular flexibility index (Phi) is 17.1. The molecular weight excluding hydrogens is 162 g/mol. The van der Waals surface area contributed by atoms with Gasteiger partial charge >= 0.3 is 0 Å². The molecule has 0 saturated heterocycles. The van der Waals surface area contributed by atoms with E-state index in [0.29, 0.717) is 0 Å². The zero-order chi connectivity index (χ0) is 9.07. The fourth-order valence-corrected chi connectivity index (χ4v) is 1.45. The highest BCUT2D eigenvalue weighted by Crippen LogP contribution is 2.08. The fraction of sp³-hybridized carbons (Fsp3) is 1.00. The van der Waals surface area contributed by atoms with Gasteiger partial charge in [0.2, 0.25) is 0 Å². The number of hydrogen-bond donors (Lipinski definition) is 1. The van der Waals surface area contributed by atoms with Crippen molar-refractivity contribution in [3.8, 4) is 0 Å². The van der Waals surface area contributed by atoms with Crippen molar-refractivity contribution in [2.24, 2.45) is 5.73 Å². The number of nitrogens with two attached hydrogens (primary N) is 1. The molecule has 82 valence electrons. The molecule has 2 nitrogen and oxygen atoms in total. The molecule has 0 spiro atoms. The minimum atomic E-state index is 0. The van der Waals surface area contributed by atoms with Gasteiger partial charge in [0.1, 0.15) is 0 Å². The normalized spacial score (nSPS) is 9.69. The summed E-state index contributed by atoms with van der Waals surface area (Å²) in [5, 5.41) is 0. The molecule has 0 unspecified atom stereocenters. The van der Waals surface area contributed by atoms with E-state index in [1.54, 1.807) is 0 Å². The molecule has 13 heavy (non-hydrogen) atoms. The topological polar surface area (TPSA) is 57.5 Å². The van der Waals surface area contributed by atoms with E-state index in [1.807, 2.05) is 0 Å². The Morgan fingerprint density at radius 1 is 0.692 bits per heavy atom. The third-order valence-corrected chi connectivity index (χ3v) is 2.31. The van der Waals surface area contributed by atoms with Crippen molar-refractivity contribution in [1.29, 1.82) is 0 Å².